The molecule has 0 bridgehead atoms. The van der Waals surface area contributed by atoms with E-state index in [0.717, 1.165) is 51.3 Å². The van der Waals surface area contributed by atoms with E-state index in [1.807, 2.05) is 0 Å². The molecular formula is C54H39NO. The molecular weight excluding hydrogens is 679 g/mol. The van der Waals surface area contributed by atoms with E-state index in [4.69, 9.17) is 4.42 Å². The van der Waals surface area contributed by atoms with Crippen LogP contribution in [0, 0.1) is 0 Å². The predicted octanol–water partition coefficient (Wildman–Crippen LogP) is 14.9. The van der Waals surface area contributed by atoms with Crippen LogP contribution < -0.4 is 4.90 Å². The Morgan fingerprint density at radius 3 is 2.02 bits per heavy atom. The zero-order valence-corrected chi connectivity index (χ0v) is 30.9. The maximum atomic E-state index is 6.89. The molecule has 0 spiro atoms. The number of benzene rings is 8. The van der Waals surface area contributed by atoms with Crippen LogP contribution in [-0.4, -0.2) is 0 Å². The maximum Gasteiger partial charge on any atom is 0.135 e. The van der Waals surface area contributed by atoms with Gasteiger partial charge in [0.05, 0.1) is 11.4 Å². The van der Waals surface area contributed by atoms with E-state index in [9.17, 15) is 0 Å². The molecule has 1 aliphatic carbocycles. The molecule has 1 unspecified atom stereocenters. The number of para-hydroxylation sites is 1. The summed E-state index contributed by atoms with van der Waals surface area (Å²) in [7, 11) is 0. The minimum atomic E-state index is 0.0132. The van der Waals surface area contributed by atoms with Gasteiger partial charge in [-0.2, -0.15) is 0 Å². The van der Waals surface area contributed by atoms with E-state index in [1.54, 1.807) is 0 Å². The van der Waals surface area contributed by atoms with E-state index in [1.165, 1.54) is 43.4 Å². The second kappa shape index (κ2) is 14.6. The molecule has 0 radical (unpaired) electrons. The van der Waals surface area contributed by atoms with Crippen LogP contribution in [0.25, 0.3) is 61.5 Å². The highest BCUT2D eigenvalue weighted by Crippen LogP contribution is 2.47. The molecule has 0 saturated carbocycles. The Bertz CT molecular complexity index is 3000. The monoisotopic (exact) mass is 717 g/mol. The van der Waals surface area contributed by atoms with Gasteiger partial charge in [0, 0.05) is 28.0 Å². The standard InChI is InChI=1S/C54H39NO/c1-3-16-38(17-4-1)20-13-24-43(34-32-39-18-5-2-6-19-39)55(52-31-15-27-45-44-25-10-9-21-40(44)33-35-47(45)52)51-30-12-11-26-46(51)48-28-14-29-49-50-36-41-22-7-8-23-42(41)37-53(50)56-54(48)49/h1-27,29-37,48H,28H2/b20-13+,34-32+,43-24+. The number of nitrogens with zero attached hydrogens (tertiary/aromatic N) is 1. The van der Waals surface area contributed by atoms with E-state index in [0.29, 0.717) is 0 Å². The van der Waals surface area contributed by atoms with Crippen LogP contribution in [0.1, 0.15) is 40.4 Å². The van der Waals surface area contributed by atoms with Crippen LogP contribution >= 0.6 is 0 Å². The molecule has 1 aliphatic rings. The van der Waals surface area contributed by atoms with Gasteiger partial charge in [-0.25, -0.2) is 0 Å². The van der Waals surface area contributed by atoms with Gasteiger partial charge in [-0.1, -0.05) is 182 Å². The third-order valence-corrected chi connectivity index (χ3v) is 11.0. The van der Waals surface area contributed by atoms with E-state index in [-0.39, 0.29) is 5.92 Å². The molecule has 0 N–H and O–H groups in total. The van der Waals surface area contributed by atoms with Crippen molar-refractivity contribution in [2.75, 3.05) is 4.90 Å². The summed E-state index contributed by atoms with van der Waals surface area (Å²) in [6.45, 7) is 0. The number of hydrogen-bond donors (Lipinski definition) is 0. The molecule has 9 aromatic rings. The molecule has 2 heteroatoms. The van der Waals surface area contributed by atoms with Gasteiger partial charge in [0.25, 0.3) is 0 Å². The number of hydrogen-bond acceptors (Lipinski definition) is 2. The average Bonchev–Trinajstić information content (AvgIpc) is 3.63. The highest BCUT2D eigenvalue weighted by Gasteiger charge is 2.30. The van der Waals surface area contributed by atoms with Crippen molar-refractivity contribution in [2.24, 2.45) is 0 Å². The Balaban J connectivity index is 1.20. The lowest BCUT2D eigenvalue weighted by Gasteiger charge is -2.32. The Morgan fingerprint density at radius 1 is 0.536 bits per heavy atom. The second-order valence-electron chi connectivity index (χ2n) is 14.4. The predicted molar refractivity (Wildman–Crippen MR) is 238 cm³/mol. The summed E-state index contributed by atoms with van der Waals surface area (Å²) in [4.78, 5) is 2.45. The zero-order chi connectivity index (χ0) is 37.3. The Kier molecular flexibility index (Phi) is 8.70. The van der Waals surface area contributed by atoms with Gasteiger partial charge in [-0.15, -0.1) is 0 Å². The van der Waals surface area contributed by atoms with Crippen LogP contribution in [0.5, 0.6) is 0 Å². The third-order valence-electron chi connectivity index (χ3n) is 11.0. The summed E-state index contributed by atoms with van der Waals surface area (Å²) in [6.07, 6.45) is 16.5. The van der Waals surface area contributed by atoms with E-state index in [2.05, 4.69) is 223 Å². The Labute approximate surface area is 327 Å². The minimum absolute atomic E-state index is 0.0132. The van der Waals surface area contributed by atoms with Crippen molar-refractivity contribution in [3.05, 3.63) is 234 Å². The summed E-state index contributed by atoms with van der Waals surface area (Å²) in [5.74, 6) is 1.03. The van der Waals surface area contributed by atoms with Gasteiger partial charge < -0.3 is 9.32 Å². The third kappa shape index (κ3) is 6.22. The lowest BCUT2D eigenvalue weighted by Crippen LogP contribution is -2.19. The number of rotatable bonds is 8. The molecule has 2 nitrogen and oxygen atoms in total. The van der Waals surface area contributed by atoms with E-state index < -0.39 is 0 Å². The largest absolute Gasteiger partial charge is 0.460 e. The smallest absolute Gasteiger partial charge is 0.135 e. The highest BCUT2D eigenvalue weighted by atomic mass is 16.3. The lowest BCUT2D eigenvalue weighted by molar-refractivity contribution is 0.517. The lowest BCUT2D eigenvalue weighted by atomic mass is 9.85. The molecule has 0 saturated heterocycles. The second-order valence-corrected chi connectivity index (χ2v) is 14.4. The van der Waals surface area contributed by atoms with Crippen molar-refractivity contribution in [3.63, 3.8) is 0 Å². The molecule has 0 amide bonds. The van der Waals surface area contributed by atoms with Gasteiger partial charge in [0.15, 0.2) is 0 Å². The SMILES string of the molecule is C1=Cc2c(oc3cc4ccccc4cc23)C(c2ccccc2N(C(/C=C/c2ccccc2)=C/C=C/c2ccccc2)c2cccc3c2ccc2ccccc23)C1. The van der Waals surface area contributed by atoms with Gasteiger partial charge in [0.2, 0.25) is 0 Å². The molecule has 0 aliphatic heterocycles. The average molecular weight is 718 g/mol. The van der Waals surface area contributed by atoms with Crippen LogP contribution in [0.15, 0.2) is 210 Å². The molecule has 56 heavy (non-hydrogen) atoms. The van der Waals surface area contributed by atoms with Crippen molar-refractivity contribution >= 4 is 72.9 Å². The summed E-state index contributed by atoms with van der Waals surface area (Å²) in [6, 6.07) is 62.9. The zero-order valence-electron chi connectivity index (χ0n) is 30.9. The van der Waals surface area contributed by atoms with Gasteiger partial charge >= 0.3 is 0 Å². The fourth-order valence-corrected chi connectivity index (χ4v) is 8.33. The summed E-state index contributed by atoms with van der Waals surface area (Å²) < 4.78 is 6.89. The van der Waals surface area contributed by atoms with Crippen molar-refractivity contribution in [1.82, 2.24) is 0 Å². The van der Waals surface area contributed by atoms with Gasteiger partial charge in [-0.05, 0) is 86.5 Å². The molecule has 8 aromatic carbocycles. The van der Waals surface area contributed by atoms with Crippen molar-refractivity contribution in [3.8, 4) is 0 Å². The molecule has 266 valence electrons. The molecule has 1 aromatic heterocycles. The number of fused-ring (bicyclic) bond motifs is 7. The first kappa shape index (κ1) is 33.4. The van der Waals surface area contributed by atoms with Crippen molar-refractivity contribution in [2.45, 2.75) is 12.3 Å². The number of allylic oxidation sites excluding steroid dienone is 4. The Morgan fingerprint density at radius 2 is 1.20 bits per heavy atom. The Hall–Kier alpha value is -7.16. The summed E-state index contributed by atoms with van der Waals surface area (Å²) in [5.41, 5.74) is 8.87. The minimum Gasteiger partial charge on any atom is -0.460 e. The topological polar surface area (TPSA) is 16.4 Å². The summed E-state index contributed by atoms with van der Waals surface area (Å²) >= 11 is 0. The van der Waals surface area contributed by atoms with Crippen molar-refractivity contribution in [1.29, 1.82) is 0 Å². The number of anilines is 2. The van der Waals surface area contributed by atoms with Crippen LogP contribution in [-0.2, 0) is 0 Å². The highest BCUT2D eigenvalue weighted by molar-refractivity contribution is 6.12. The van der Waals surface area contributed by atoms with Crippen molar-refractivity contribution < 1.29 is 4.42 Å². The van der Waals surface area contributed by atoms with Gasteiger partial charge in [-0.3, -0.25) is 0 Å². The fraction of sp³-hybridized carbons (Fsp3) is 0.0370. The normalized spacial score (nSPS) is 14.4. The molecule has 1 atom stereocenters. The molecule has 1 heterocycles. The first-order valence-corrected chi connectivity index (χ1v) is 19.4. The van der Waals surface area contributed by atoms with Crippen LogP contribution in [0.3, 0.4) is 0 Å². The van der Waals surface area contributed by atoms with E-state index >= 15 is 0 Å². The van der Waals surface area contributed by atoms with Crippen LogP contribution in [0.4, 0.5) is 11.4 Å². The quantitative estimate of drug-likeness (QED) is 0.115. The summed E-state index contributed by atoms with van der Waals surface area (Å²) in [5, 5.41) is 8.45. The molecule has 10 rings (SSSR count). The van der Waals surface area contributed by atoms with Gasteiger partial charge in [0.1, 0.15) is 11.3 Å². The molecule has 0 fully saturated rings. The number of furan rings is 1. The fourth-order valence-electron chi connectivity index (χ4n) is 8.33. The maximum absolute atomic E-state index is 6.89. The first-order chi connectivity index (χ1) is 27.8. The first-order valence-electron chi connectivity index (χ1n) is 19.4. The van der Waals surface area contributed by atoms with Crippen LogP contribution in [0.2, 0.25) is 0 Å².